The van der Waals surface area contributed by atoms with Crippen LogP contribution in [0.15, 0.2) is 54.5 Å². The first-order valence-corrected chi connectivity index (χ1v) is 6.65. The summed E-state index contributed by atoms with van der Waals surface area (Å²) in [5, 5.41) is 10.9. The minimum Gasteiger partial charge on any atom is -0.445 e. The van der Waals surface area contributed by atoms with Gasteiger partial charge < -0.3 is 15.0 Å². The van der Waals surface area contributed by atoms with E-state index in [0.29, 0.717) is 5.88 Å². The highest BCUT2D eigenvalue weighted by Crippen LogP contribution is 2.26. The second-order valence-corrected chi connectivity index (χ2v) is 4.72. The number of hydrogen-bond acceptors (Lipinski definition) is 4. The van der Waals surface area contributed by atoms with Gasteiger partial charge in [-0.1, -0.05) is 0 Å². The highest BCUT2D eigenvalue weighted by Gasteiger charge is 2.13. The normalized spacial score (nSPS) is 16.2. The number of pyridine rings is 1. The molecule has 104 valence electrons. The van der Waals surface area contributed by atoms with Crippen LogP contribution in [-0.2, 0) is 4.74 Å². The second-order valence-electron chi connectivity index (χ2n) is 4.72. The van der Waals surface area contributed by atoms with Gasteiger partial charge in [0, 0.05) is 35.8 Å². The van der Waals surface area contributed by atoms with Crippen molar-refractivity contribution in [1.29, 1.82) is 0 Å². The van der Waals surface area contributed by atoms with Gasteiger partial charge in [0.25, 0.3) is 0 Å². The van der Waals surface area contributed by atoms with Crippen molar-refractivity contribution in [3.05, 3.63) is 60.1 Å². The van der Waals surface area contributed by atoms with Gasteiger partial charge in [0.05, 0.1) is 6.20 Å². The average molecular weight is 279 g/mol. The fourth-order valence-corrected chi connectivity index (χ4v) is 2.31. The fourth-order valence-electron chi connectivity index (χ4n) is 2.31. The maximum atomic E-state index is 5.79. The van der Waals surface area contributed by atoms with Crippen LogP contribution in [0.3, 0.4) is 0 Å². The zero-order valence-corrected chi connectivity index (χ0v) is 11.1. The predicted octanol–water partition coefficient (Wildman–Crippen LogP) is 3.00. The van der Waals surface area contributed by atoms with E-state index in [2.05, 4.69) is 25.5 Å². The van der Waals surface area contributed by atoms with E-state index in [4.69, 9.17) is 4.74 Å². The lowest BCUT2D eigenvalue weighted by Gasteiger charge is -2.05. The molecule has 21 heavy (non-hydrogen) atoms. The Hall–Kier alpha value is -3.02. The number of anilines is 1. The van der Waals surface area contributed by atoms with E-state index in [1.165, 1.54) is 0 Å². The summed E-state index contributed by atoms with van der Waals surface area (Å²) >= 11 is 0. The first-order valence-electron chi connectivity index (χ1n) is 6.65. The first kappa shape index (κ1) is 11.8. The minimum atomic E-state index is 0.712. The Kier molecular flexibility index (Phi) is 2.71. The number of aromatic amines is 2. The summed E-state index contributed by atoms with van der Waals surface area (Å²) in [7, 11) is 0. The molecule has 4 rings (SSSR count). The maximum absolute atomic E-state index is 5.79. The Morgan fingerprint density at radius 1 is 1.29 bits per heavy atom. The molecule has 1 aliphatic rings. The van der Waals surface area contributed by atoms with Crippen LogP contribution >= 0.6 is 0 Å². The highest BCUT2D eigenvalue weighted by molar-refractivity contribution is 5.86. The van der Waals surface area contributed by atoms with Gasteiger partial charge in [-0.05, 0) is 24.3 Å². The van der Waals surface area contributed by atoms with Crippen molar-refractivity contribution in [2.24, 2.45) is 0 Å². The summed E-state index contributed by atoms with van der Waals surface area (Å²) in [5.74, 6) is 2.41. The van der Waals surface area contributed by atoms with Gasteiger partial charge >= 0.3 is 0 Å². The van der Waals surface area contributed by atoms with Gasteiger partial charge in [-0.3, -0.25) is 5.10 Å². The lowest BCUT2D eigenvalue weighted by molar-refractivity contribution is 0.333. The van der Waals surface area contributed by atoms with Gasteiger partial charge in [0.2, 0.25) is 0 Å². The van der Waals surface area contributed by atoms with E-state index >= 15 is 0 Å². The number of allylic oxidation sites excluding steroid dienone is 1. The van der Waals surface area contributed by atoms with Crippen molar-refractivity contribution in [1.82, 2.24) is 20.2 Å². The van der Waals surface area contributed by atoms with E-state index < -0.39 is 0 Å². The van der Waals surface area contributed by atoms with Crippen LogP contribution in [0.2, 0.25) is 0 Å². The van der Waals surface area contributed by atoms with Gasteiger partial charge in [-0.25, -0.2) is 4.98 Å². The number of fused-ring (bicyclic) bond motifs is 1. The van der Waals surface area contributed by atoms with Crippen LogP contribution in [0.25, 0.3) is 17.1 Å². The first-order chi connectivity index (χ1) is 10.4. The number of H-pyrrole nitrogens is 2. The molecule has 0 saturated heterocycles. The quantitative estimate of drug-likeness (QED) is 0.688. The van der Waals surface area contributed by atoms with Crippen molar-refractivity contribution in [3.63, 3.8) is 0 Å². The monoisotopic (exact) mass is 279 g/mol. The van der Waals surface area contributed by atoms with Crippen LogP contribution in [0.1, 0.15) is 12.0 Å². The zero-order chi connectivity index (χ0) is 14.1. The third-order valence-electron chi connectivity index (χ3n) is 3.29. The molecule has 0 aromatic carbocycles. The number of aromatic nitrogens is 4. The molecule has 0 bridgehead atoms. The lowest BCUT2D eigenvalue weighted by atomic mass is 10.2. The number of hydrogen-bond donors (Lipinski definition) is 3. The summed E-state index contributed by atoms with van der Waals surface area (Å²) in [6.45, 7) is 0. The maximum Gasteiger partial charge on any atom is 0.194 e. The summed E-state index contributed by atoms with van der Waals surface area (Å²) in [4.78, 5) is 7.43. The van der Waals surface area contributed by atoms with Crippen molar-refractivity contribution >= 4 is 22.9 Å². The van der Waals surface area contributed by atoms with E-state index in [9.17, 15) is 0 Å². The molecule has 0 amide bonds. The molecule has 0 aliphatic carbocycles. The molecule has 4 heterocycles. The number of nitrogens with zero attached hydrogens (tertiary/aromatic N) is 2. The summed E-state index contributed by atoms with van der Waals surface area (Å²) in [6, 6.07) is 5.81. The molecule has 6 nitrogen and oxygen atoms in total. The van der Waals surface area contributed by atoms with Crippen LogP contribution in [0.5, 0.6) is 0 Å². The third kappa shape index (κ3) is 2.27. The molecule has 0 unspecified atom stereocenters. The van der Waals surface area contributed by atoms with E-state index in [1.54, 1.807) is 12.4 Å². The van der Waals surface area contributed by atoms with Crippen LogP contribution in [0.4, 0.5) is 5.82 Å². The smallest absolute Gasteiger partial charge is 0.194 e. The molecule has 0 fully saturated rings. The van der Waals surface area contributed by atoms with Crippen molar-refractivity contribution in [2.75, 3.05) is 5.32 Å². The second kappa shape index (κ2) is 4.82. The number of rotatable bonds is 3. The summed E-state index contributed by atoms with van der Waals surface area (Å²) in [5.41, 5.74) is 1.95. The molecule has 3 aromatic rings. The Morgan fingerprint density at radius 3 is 3.19 bits per heavy atom. The highest BCUT2D eigenvalue weighted by atomic mass is 16.5. The SMILES string of the molecule is C(=C1CC=C(Nc2ccn[nH]2)O1)c1c[nH]c2ncccc12. The number of nitrogens with one attached hydrogen (secondary N) is 3. The Morgan fingerprint density at radius 2 is 2.29 bits per heavy atom. The molecular formula is C15H13N5O. The lowest BCUT2D eigenvalue weighted by Crippen LogP contribution is -1.99. The molecule has 0 radical (unpaired) electrons. The van der Waals surface area contributed by atoms with E-state index in [-0.39, 0.29) is 0 Å². The molecule has 3 aromatic heterocycles. The Bertz CT molecular complexity index is 829. The molecule has 0 saturated carbocycles. The average Bonchev–Trinajstić information content (AvgIpc) is 3.23. The van der Waals surface area contributed by atoms with E-state index in [0.717, 1.165) is 34.6 Å². The molecule has 0 spiro atoms. The predicted molar refractivity (Wildman–Crippen MR) is 80.1 cm³/mol. The van der Waals surface area contributed by atoms with Crippen molar-refractivity contribution in [3.8, 4) is 0 Å². The fraction of sp³-hybridized carbons (Fsp3) is 0.0667. The molecular weight excluding hydrogens is 266 g/mol. The molecule has 0 atom stereocenters. The molecule has 1 aliphatic heterocycles. The topological polar surface area (TPSA) is 78.6 Å². The van der Waals surface area contributed by atoms with Crippen molar-refractivity contribution in [2.45, 2.75) is 6.42 Å². The molecule has 6 heteroatoms. The third-order valence-corrected chi connectivity index (χ3v) is 3.29. The van der Waals surface area contributed by atoms with Crippen LogP contribution < -0.4 is 5.32 Å². The summed E-state index contributed by atoms with van der Waals surface area (Å²) < 4.78 is 5.79. The minimum absolute atomic E-state index is 0.712. The van der Waals surface area contributed by atoms with Gasteiger partial charge in [0.15, 0.2) is 5.88 Å². The largest absolute Gasteiger partial charge is 0.445 e. The zero-order valence-electron chi connectivity index (χ0n) is 11.1. The Balaban J connectivity index is 1.53. The van der Waals surface area contributed by atoms with Gasteiger partial charge in [-0.2, -0.15) is 5.10 Å². The number of ether oxygens (including phenoxy) is 1. The summed E-state index contributed by atoms with van der Waals surface area (Å²) in [6.07, 6.45) is 10.2. The molecule has 3 N–H and O–H groups in total. The standard InChI is InChI=1S/C15H13N5O/c1-2-12-10(9-17-15(12)16-6-1)8-11-3-4-14(21-11)19-13-5-7-18-20-13/h1-2,4-9H,3H2,(H,16,17)(H2,18,19,20). The van der Waals surface area contributed by atoms with Crippen LogP contribution in [0, 0.1) is 0 Å². The van der Waals surface area contributed by atoms with Gasteiger partial charge in [0.1, 0.15) is 17.2 Å². The van der Waals surface area contributed by atoms with Crippen molar-refractivity contribution < 1.29 is 4.74 Å². The Labute approximate surface area is 120 Å². The van der Waals surface area contributed by atoms with E-state index in [1.807, 2.05) is 36.5 Å². The van der Waals surface area contributed by atoms with Gasteiger partial charge in [-0.15, -0.1) is 0 Å². The van der Waals surface area contributed by atoms with Crippen LogP contribution in [-0.4, -0.2) is 20.2 Å².